The van der Waals surface area contributed by atoms with Gasteiger partial charge in [0.1, 0.15) is 24.7 Å². The van der Waals surface area contributed by atoms with Gasteiger partial charge in [0.05, 0.1) is 5.57 Å². The van der Waals surface area contributed by atoms with Crippen LogP contribution >= 0.6 is 39.1 Å². The number of carbonyl (C=O) groups excluding carboxylic acids is 1. The smallest absolute Gasteiger partial charge is 0.248 e. The molecule has 3 aromatic rings. The summed E-state index contributed by atoms with van der Waals surface area (Å²) < 4.78 is 8.53. The summed E-state index contributed by atoms with van der Waals surface area (Å²) in [5.74, 6) is 0.510. The highest BCUT2D eigenvalue weighted by atomic mass is 79.9. The summed E-state index contributed by atoms with van der Waals surface area (Å²) in [4.78, 5) is 16.5. The lowest BCUT2D eigenvalue weighted by atomic mass is 9.94. The van der Waals surface area contributed by atoms with Gasteiger partial charge < -0.3 is 15.8 Å². The van der Waals surface area contributed by atoms with E-state index in [2.05, 4.69) is 31.3 Å². The van der Waals surface area contributed by atoms with Gasteiger partial charge in [-0.2, -0.15) is 10.1 Å². The molecule has 1 unspecified atom stereocenters. The van der Waals surface area contributed by atoms with Gasteiger partial charge in [-0.05, 0) is 37.3 Å². The van der Waals surface area contributed by atoms with E-state index in [1.807, 2.05) is 24.3 Å². The molecule has 10 heteroatoms. The van der Waals surface area contributed by atoms with Crippen LogP contribution in [0.4, 0.5) is 5.95 Å². The van der Waals surface area contributed by atoms with Crippen LogP contribution in [0.15, 0.2) is 58.5 Å². The monoisotopic (exact) mass is 507 g/mol. The fourth-order valence-corrected chi connectivity index (χ4v) is 4.20. The highest BCUT2D eigenvalue weighted by Gasteiger charge is 2.34. The zero-order chi connectivity index (χ0) is 21.4. The van der Waals surface area contributed by atoms with Crippen molar-refractivity contribution in [1.82, 2.24) is 14.8 Å². The van der Waals surface area contributed by atoms with Crippen molar-refractivity contribution < 1.29 is 9.53 Å². The second-order valence-electron chi connectivity index (χ2n) is 6.67. The maximum absolute atomic E-state index is 12.3. The number of benzene rings is 2. The fraction of sp³-hybridized carbons (Fsp3) is 0.150. The molecule has 1 aliphatic rings. The second-order valence-corrected chi connectivity index (χ2v) is 8.42. The molecule has 2 aromatic carbocycles. The Kier molecular flexibility index (Phi) is 5.73. The zero-order valence-corrected chi connectivity index (χ0v) is 18.8. The molecule has 1 aromatic heterocycles. The number of fused-ring (bicyclic) bond motifs is 1. The van der Waals surface area contributed by atoms with E-state index in [1.54, 1.807) is 23.7 Å². The SMILES string of the molecule is CC1=C(C(N)=O)C(c2cc(Br)ccc2OCc2ccc(Cl)cc2Cl)n2ncnc2N1. The summed E-state index contributed by atoms with van der Waals surface area (Å²) in [6.07, 6.45) is 1.42. The molecule has 2 heterocycles. The van der Waals surface area contributed by atoms with E-state index in [9.17, 15) is 4.79 Å². The van der Waals surface area contributed by atoms with Gasteiger partial charge in [-0.15, -0.1) is 0 Å². The Morgan fingerprint density at radius 1 is 1.30 bits per heavy atom. The average Bonchev–Trinajstić information content (AvgIpc) is 3.14. The number of anilines is 1. The van der Waals surface area contributed by atoms with Crippen molar-refractivity contribution in [1.29, 1.82) is 0 Å². The number of hydrogen-bond donors (Lipinski definition) is 2. The molecule has 4 rings (SSSR count). The third-order valence-electron chi connectivity index (χ3n) is 4.72. The van der Waals surface area contributed by atoms with Crippen molar-refractivity contribution >= 4 is 51.0 Å². The Balaban J connectivity index is 1.77. The van der Waals surface area contributed by atoms with Crippen molar-refractivity contribution in [3.63, 3.8) is 0 Å². The number of primary amides is 1. The molecule has 0 saturated carbocycles. The van der Waals surface area contributed by atoms with Crippen LogP contribution in [-0.4, -0.2) is 20.7 Å². The first kappa shape index (κ1) is 20.7. The van der Waals surface area contributed by atoms with Crippen LogP contribution in [0, 0.1) is 0 Å². The lowest BCUT2D eigenvalue weighted by molar-refractivity contribution is -0.115. The number of rotatable bonds is 5. The van der Waals surface area contributed by atoms with Gasteiger partial charge in [0.2, 0.25) is 11.9 Å². The molecular weight excluding hydrogens is 493 g/mol. The van der Waals surface area contributed by atoms with E-state index in [0.29, 0.717) is 38.6 Å². The number of hydrogen-bond acceptors (Lipinski definition) is 5. The highest BCUT2D eigenvalue weighted by molar-refractivity contribution is 9.10. The first-order valence-corrected chi connectivity index (χ1v) is 10.4. The molecule has 7 nitrogen and oxygen atoms in total. The van der Waals surface area contributed by atoms with Crippen LogP contribution in [-0.2, 0) is 11.4 Å². The summed E-state index contributed by atoms with van der Waals surface area (Å²) >= 11 is 15.7. The predicted molar refractivity (Wildman–Crippen MR) is 119 cm³/mol. The summed E-state index contributed by atoms with van der Waals surface area (Å²) in [5, 5.41) is 8.41. The first-order chi connectivity index (χ1) is 14.3. The number of halogens is 3. The van der Waals surface area contributed by atoms with Gasteiger partial charge >= 0.3 is 0 Å². The fourth-order valence-electron chi connectivity index (χ4n) is 3.36. The minimum Gasteiger partial charge on any atom is -0.488 e. The lowest BCUT2D eigenvalue weighted by Crippen LogP contribution is -2.32. The van der Waals surface area contributed by atoms with Crippen LogP contribution in [0.5, 0.6) is 5.75 Å². The minimum atomic E-state index is -0.602. The molecule has 3 N–H and O–H groups in total. The predicted octanol–water partition coefficient (Wildman–Crippen LogP) is 4.70. The number of carbonyl (C=O) groups is 1. The van der Waals surface area contributed by atoms with E-state index >= 15 is 0 Å². The summed E-state index contributed by atoms with van der Waals surface area (Å²) in [6, 6.07) is 10.2. The molecule has 0 bridgehead atoms. The summed E-state index contributed by atoms with van der Waals surface area (Å²) in [6.45, 7) is 1.99. The molecule has 0 saturated heterocycles. The van der Waals surface area contributed by atoms with E-state index in [1.165, 1.54) is 6.33 Å². The van der Waals surface area contributed by atoms with E-state index in [-0.39, 0.29) is 6.61 Å². The van der Waals surface area contributed by atoms with E-state index in [0.717, 1.165) is 10.0 Å². The number of nitrogens with one attached hydrogen (secondary N) is 1. The van der Waals surface area contributed by atoms with E-state index < -0.39 is 11.9 Å². The molecule has 0 aliphatic carbocycles. The topological polar surface area (TPSA) is 95.1 Å². The minimum absolute atomic E-state index is 0.217. The second kappa shape index (κ2) is 8.29. The Morgan fingerprint density at radius 3 is 2.83 bits per heavy atom. The van der Waals surface area contributed by atoms with Crippen LogP contribution in [0.3, 0.4) is 0 Å². The maximum atomic E-state index is 12.3. The molecule has 0 radical (unpaired) electrons. The zero-order valence-electron chi connectivity index (χ0n) is 15.7. The van der Waals surface area contributed by atoms with Gasteiger partial charge in [0.15, 0.2) is 0 Å². The molecule has 1 aliphatic heterocycles. The van der Waals surface area contributed by atoms with Gasteiger partial charge in [0, 0.05) is 31.3 Å². The van der Waals surface area contributed by atoms with Crippen LogP contribution in [0.1, 0.15) is 24.1 Å². The highest BCUT2D eigenvalue weighted by Crippen LogP contribution is 2.40. The maximum Gasteiger partial charge on any atom is 0.248 e. The number of nitrogens with two attached hydrogens (primary N) is 1. The number of aromatic nitrogens is 3. The molecular formula is C20H16BrCl2N5O2. The standard InChI is InChI=1S/C20H16BrCl2N5O2/c1-10-17(19(24)29)18(28-20(27-10)25-9-26-28)14-6-12(21)3-5-16(14)30-8-11-2-4-13(22)7-15(11)23/h2-7,9,18H,8H2,1H3,(H2,24,29)(H,25,26,27). The molecule has 154 valence electrons. The Hall–Kier alpha value is -2.55. The van der Waals surface area contributed by atoms with Gasteiger partial charge in [-0.3, -0.25) is 4.79 Å². The van der Waals surface area contributed by atoms with Crippen LogP contribution in [0.2, 0.25) is 10.0 Å². The van der Waals surface area contributed by atoms with Crippen molar-refractivity contribution in [2.24, 2.45) is 5.73 Å². The van der Waals surface area contributed by atoms with Gasteiger partial charge in [-0.25, -0.2) is 4.68 Å². The van der Waals surface area contributed by atoms with Crippen molar-refractivity contribution in [3.8, 4) is 5.75 Å². The largest absolute Gasteiger partial charge is 0.488 e. The molecule has 30 heavy (non-hydrogen) atoms. The summed E-state index contributed by atoms with van der Waals surface area (Å²) in [7, 11) is 0. The van der Waals surface area contributed by atoms with Crippen molar-refractivity contribution in [2.45, 2.75) is 19.6 Å². The third-order valence-corrected chi connectivity index (χ3v) is 5.80. The first-order valence-electron chi connectivity index (χ1n) is 8.88. The van der Waals surface area contributed by atoms with Crippen molar-refractivity contribution in [3.05, 3.63) is 79.6 Å². The van der Waals surface area contributed by atoms with Crippen molar-refractivity contribution in [2.75, 3.05) is 5.32 Å². The van der Waals surface area contributed by atoms with Crippen LogP contribution in [0.25, 0.3) is 0 Å². The van der Waals surface area contributed by atoms with Gasteiger partial charge in [0.25, 0.3) is 0 Å². The molecule has 1 amide bonds. The number of allylic oxidation sites excluding steroid dienone is 1. The Morgan fingerprint density at radius 2 is 2.10 bits per heavy atom. The Bertz CT molecular complexity index is 1180. The van der Waals surface area contributed by atoms with Gasteiger partial charge in [-0.1, -0.05) is 45.2 Å². The lowest BCUT2D eigenvalue weighted by Gasteiger charge is -2.29. The number of nitrogens with zero attached hydrogens (tertiary/aromatic N) is 3. The molecule has 0 spiro atoms. The van der Waals surface area contributed by atoms with E-state index in [4.69, 9.17) is 33.7 Å². The molecule has 1 atom stereocenters. The summed E-state index contributed by atoms with van der Waals surface area (Å²) in [5.41, 5.74) is 8.19. The number of amides is 1. The van der Waals surface area contributed by atoms with Crippen LogP contribution < -0.4 is 15.8 Å². The normalized spacial score (nSPS) is 15.5. The number of ether oxygens (including phenoxy) is 1. The quantitative estimate of drug-likeness (QED) is 0.520. The average molecular weight is 509 g/mol. The third kappa shape index (κ3) is 3.90. The molecule has 0 fully saturated rings. The Labute approximate surface area is 191 Å².